The van der Waals surface area contributed by atoms with Crippen molar-refractivity contribution in [2.45, 2.75) is 37.3 Å². The number of nitrogens with one attached hydrogen (secondary N) is 1. The summed E-state index contributed by atoms with van der Waals surface area (Å²) in [5, 5.41) is 10.5. The molecule has 2 N–H and O–H groups in total. The van der Waals surface area contributed by atoms with E-state index < -0.39 is 0 Å². The van der Waals surface area contributed by atoms with Crippen LogP contribution in [-0.2, 0) is 15.1 Å². The second-order valence-corrected chi connectivity index (χ2v) is 5.12. The van der Waals surface area contributed by atoms with E-state index in [1.54, 1.807) is 12.1 Å². The molecule has 0 amide bonds. The van der Waals surface area contributed by atoms with Crippen molar-refractivity contribution >= 4 is 6.47 Å². The van der Waals surface area contributed by atoms with Gasteiger partial charge >= 0.3 is 0 Å². The lowest BCUT2D eigenvalue weighted by atomic mass is 9.73. The topological polar surface area (TPSA) is 58.6 Å². The Kier molecular flexibility index (Phi) is 5.09. The summed E-state index contributed by atoms with van der Waals surface area (Å²) in [5.41, 5.74) is 1.09. The highest BCUT2D eigenvalue weighted by Crippen LogP contribution is 2.40. The molecule has 110 valence electrons. The third-order valence-electron chi connectivity index (χ3n) is 4.06. The van der Waals surface area contributed by atoms with Gasteiger partial charge in [0.2, 0.25) is 0 Å². The Morgan fingerprint density at radius 1 is 1.35 bits per heavy atom. The zero-order valence-electron chi connectivity index (χ0n) is 11.3. The molecule has 0 bridgehead atoms. The first-order valence-electron chi connectivity index (χ1n) is 6.93. The Morgan fingerprint density at radius 2 is 2.05 bits per heavy atom. The van der Waals surface area contributed by atoms with Gasteiger partial charge in [-0.3, -0.25) is 4.79 Å². The largest absolute Gasteiger partial charge is 0.483 e. The number of fused-ring (bicyclic) bond motifs is 1. The van der Waals surface area contributed by atoms with Gasteiger partial charge in [-0.15, -0.1) is 0 Å². The Balaban J connectivity index is 0.000000452. The highest BCUT2D eigenvalue weighted by Gasteiger charge is 2.44. The number of halogens is 1. The summed E-state index contributed by atoms with van der Waals surface area (Å²) in [6.45, 7) is 1.42. The maximum atomic E-state index is 13.0. The first kappa shape index (κ1) is 14.9. The first-order valence-corrected chi connectivity index (χ1v) is 6.93. The molecule has 1 aliphatic heterocycles. The molecule has 1 aromatic rings. The third-order valence-corrected chi connectivity index (χ3v) is 4.06. The van der Waals surface area contributed by atoms with Crippen LogP contribution in [0.15, 0.2) is 24.3 Å². The smallest absolute Gasteiger partial charge is 0.290 e. The maximum Gasteiger partial charge on any atom is 0.290 e. The Hall–Kier alpha value is -1.46. The molecule has 1 aliphatic carbocycles. The summed E-state index contributed by atoms with van der Waals surface area (Å²) in [6.07, 6.45) is 4.88. The van der Waals surface area contributed by atoms with Gasteiger partial charge in [-0.1, -0.05) is 25.0 Å². The number of carbonyl (C=O) groups is 1. The highest BCUT2D eigenvalue weighted by molar-refractivity contribution is 5.32. The van der Waals surface area contributed by atoms with Crippen molar-refractivity contribution in [1.29, 1.82) is 0 Å². The number of carboxylic acid groups (broad SMARTS) is 1. The minimum absolute atomic E-state index is 0.0792. The zero-order chi connectivity index (χ0) is 14.4. The second-order valence-electron chi connectivity index (χ2n) is 5.12. The summed E-state index contributed by atoms with van der Waals surface area (Å²) in [7, 11) is 0. The lowest BCUT2D eigenvalue weighted by Crippen LogP contribution is -2.59. The van der Waals surface area contributed by atoms with Gasteiger partial charge in [0, 0.05) is 6.54 Å². The van der Waals surface area contributed by atoms with Gasteiger partial charge in [-0.25, -0.2) is 4.39 Å². The van der Waals surface area contributed by atoms with Crippen LogP contribution < -0.4 is 5.32 Å². The molecular formula is C15H20FNO3. The van der Waals surface area contributed by atoms with Gasteiger partial charge in [0.25, 0.3) is 6.47 Å². The van der Waals surface area contributed by atoms with Crippen molar-refractivity contribution in [2.75, 3.05) is 13.2 Å². The Bertz CT molecular complexity index is 423. The fourth-order valence-electron chi connectivity index (χ4n) is 3.22. The predicted molar refractivity (Wildman–Crippen MR) is 73.0 cm³/mol. The molecule has 5 heteroatoms. The molecule has 2 aliphatic rings. The molecule has 1 saturated heterocycles. The monoisotopic (exact) mass is 281 g/mol. The van der Waals surface area contributed by atoms with Crippen molar-refractivity contribution in [2.24, 2.45) is 0 Å². The van der Waals surface area contributed by atoms with E-state index in [2.05, 4.69) is 5.32 Å². The third kappa shape index (κ3) is 2.99. The van der Waals surface area contributed by atoms with Crippen LogP contribution >= 0.6 is 0 Å². The lowest BCUT2D eigenvalue weighted by Gasteiger charge is -2.48. The fourth-order valence-corrected chi connectivity index (χ4v) is 3.22. The van der Waals surface area contributed by atoms with Crippen LogP contribution in [0.4, 0.5) is 4.39 Å². The highest BCUT2D eigenvalue weighted by atomic mass is 19.1. The quantitative estimate of drug-likeness (QED) is 0.775. The van der Waals surface area contributed by atoms with Crippen molar-refractivity contribution < 1.29 is 19.0 Å². The van der Waals surface area contributed by atoms with Gasteiger partial charge in [0.05, 0.1) is 18.2 Å². The Morgan fingerprint density at radius 3 is 2.75 bits per heavy atom. The molecule has 0 radical (unpaired) electrons. The number of ether oxygens (including phenoxy) is 1. The van der Waals surface area contributed by atoms with Crippen LogP contribution in [0.2, 0.25) is 0 Å². The molecule has 1 aromatic carbocycles. The van der Waals surface area contributed by atoms with Crippen LogP contribution in [0, 0.1) is 5.82 Å². The molecule has 1 saturated carbocycles. The van der Waals surface area contributed by atoms with Crippen LogP contribution in [-0.4, -0.2) is 30.8 Å². The average molecular weight is 281 g/mol. The summed E-state index contributed by atoms with van der Waals surface area (Å²) in [4.78, 5) is 8.36. The average Bonchev–Trinajstić information content (AvgIpc) is 2.48. The van der Waals surface area contributed by atoms with Crippen molar-refractivity contribution in [3.05, 3.63) is 35.6 Å². The van der Waals surface area contributed by atoms with E-state index >= 15 is 0 Å². The fraction of sp³-hybridized carbons (Fsp3) is 0.533. The Labute approximate surface area is 117 Å². The number of hydrogen-bond acceptors (Lipinski definition) is 3. The first-order chi connectivity index (χ1) is 9.73. The van der Waals surface area contributed by atoms with Crippen LogP contribution in [0.25, 0.3) is 0 Å². The predicted octanol–water partition coefficient (Wildman–Crippen LogP) is 2.28. The van der Waals surface area contributed by atoms with Crippen LogP contribution in [0.3, 0.4) is 0 Å². The molecule has 2 fully saturated rings. The summed E-state index contributed by atoms with van der Waals surface area (Å²) in [5.74, 6) is -0.172. The number of morpholine rings is 1. The minimum atomic E-state index is -0.250. The van der Waals surface area contributed by atoms with Crippen LogP contribution in [0.1, 0.15) is 31.2 Å². The minimum Gasteiger partial charge on any atom is -0.483 e. The molecule has 3 rings (SSSR count). The van der Waals surface area contributed by atoms with E-state index in [-0.39, 0.29) is 23.9 Å². The molecule has 0 aromatic heterocycles. The summed E-state index contributed by atoms with van der Waals surface area (Å²) in [6, 6.07) is 6.89. The van der Waals surface area contributed by atoms with Gasteiger partial charge < -0.3 is 15.2 Å². The van der Waals surface area contributed by atoms with Crippen molar-refractivity contribution in [3.8, 4) is 0 Å². The van der Waals surface area contributed by atoms with Crippen molar-refractivity contribution in [1.82, 2.24) is 5.32 Å². The van der Waals surface area contributed by atoms with Gasteiger partial charge in [-0.05, 0) is 30.5 Å². The standard InChI is InChI=1S/C14H18FNO.CH2O2/c15-12-6-4-11(5-7-12)14-8-2-1-3-13(14)17-10-9-16-14;2-1-3/h4-7,13,16H,1-3,8-10H2;1H,(H,2,3). The summed E-state index contributed by atoms with van der Waals surface area (Å²) >= 11 is 0. The van der Waals surface area contributed by atoms with E-state index in [0.717, 1.165) is 26.0 Å². The molecule has 0 spiro atoms. The maximum absolute atomic E-state index is 13.0. The zero-order valence-corrected chi connectivity index (χ0v) is 11.3. The summed E-state index contributed by atoms with van der Waals surface area (Å²) < 4.78 is 18.9. The van der Waals surface area contributed by atoms with E-state index in [9.17, 15) is 4.39 Å². The van der Waals surface area contributed by atoms with Gasteiger partial charge in [-0.2, -0.15) is 0 Å². The number of benzene rings is 1. The normalized spacial score (nSPS) is 28.8. The molecule has 4 nitrogen and oxygen atoms in total. The molecule has 2 unspecified atom stereocenters. The lowest BCUT2D eigenvalue weighted by molar-refractivity contribution is -0.122. The molecule has 1 heterocycles. The number of hydrogen-bond donors (Lipinski definition) is 2. The molecule has 2 atom stereocenters. The molecule has 20 heavy (non-hydrogen) atoms. The van der Waals surface area contributed by atoms with E-state index in [4.69, 9.17) is 14.6 Å². The van der Waals surface area contributed by atoms with Crippen LogP contribution in [0.5, 0.6) is 0 Å². The van der Waals surface area contributed by atoms with E-state index in [0.29, 0.717) is 0 Å². The van der Waals surface area contributed by atoms with Crippen molar-refractivity contribution in [3.63, 3.8) is 0 Å². The van der Waals surface area contributed by atoms with E-state index in [1.807, 2.05) is 12.1 Å². The van der Waals surface area contributed by atoms with E-state index in [1.165, 1.54) is 18.4 Å². The van der Waals surface area contributed by atoms with Gasteiger partial charge in [0.1, 0.15) is 5.82 Å². The SMILES string of the molecule is Fc1ccc(C23CCCCC2OCCN3)cc1.O=CO. The van der Waals surface area contributed by atoms with Gasteiger partial charge in [0.15, 0.2) is 0 Å². The number of rotatable bonds is 1. The second kappa shape index (κ2) is 6.81. The molecular weight excluding hydrogens is 261 g/mol.